The van der Waals surface area contributed by atoms with Crippen molar-refractivity contribution in [2.24, 2.45) is 5.92 Å². The second-order valence-corrected chi connectivity index (χ2v) is 6.44. The monoisotopic (exact) mass is 313 g/mol. The number of nitrogens with one attached hydrogen (secondary N) is 1. The minimum Gasteiger partial charge on any atom is -0.419 e. The van der Waals surface area contributed by atoms with E-state index in [0.717, 1.165) is 4.88 Å². The van der Waals surface area contributed by atoms with Crippen molar-refractivity contribution < 1.29 is 4.42 Å². The summed E-state index contributed by atoms with van der Waals surface area (Å²) in [6.07, 6.45) is 0. The summed E-state index contributed by atoms with van der Waals surface area (Å²) < 4.78 is 5.72. The third-order valence-corrected chi connectivity index (χ3v) is 4.36. The molecule has 0 aliphatic rings. The van der Waals surface area contributed by atoms with E-state index in [1.807, 2.05) is 23.6 Å². The third-order valence-electron chi connectivity index (χ3n) is 3.50. The number of thiophene rings is 1. The average molecular weight is 313 g/mol. The molecule has 3 rings (SSSR count). The minimum atomic E-state index is 0.262. The number of benzene rings is 1. The molecule has 1 N–H and O–H groups in total. The molecule has 1 aromatic carbocycles. The highest BCUT2D eigenvalue weighted by atomic mass is 32.1. The molecule has 2 heterocycles. The van der Waals surface area contributed by atoms with Gasteiger partial charge in [0, 0.05) is 6.04 Å². The normalized spacial score (nSPS) is 12.7. The highest BCUT2D eigenvalue weighted by molar-refractivity contribution is 7.13. The van der Waals surface area contributed by atoms with Gasteiger partial charge in [-0.2, -0.15) is 0 Å². The van der Waals surface area contributed by atoms with Crippen LogP contribution in [0.2, 0.25) is 0 Å². The van der Waals surface area contributed by atoms with Crippen molar-refractivity contribution in [2.75, 3.05) is 0 Å². The quantitative estimate of drug-likeness (QED) is 0.738. The lowest BCUT2D eigenvalue weighted by Gasteiger charge is -2.22. The SMILES string of the molecule is CC(C)C(NCc1nnc(-c2cccs2)o1)c1ccccc1. The third kappa shape index (κ3) is 3.43. The molecule has 5 heteroatoms. The molecule has 3 aromatic rings. The Morgan fingerprint density at radius 3 is 2.59 bits per heavy atom. The summed E-state index contributed by atoms with van der Waals surface area (Å²) in [5.41, 5.74) is 1.27. The van der Waals surface area contributed by atoms with E-state index in [-0.39, 0.29) is 6.04 Å². The summed E-state index contributed by atoms with van der Waals surface area (Å²) in [5, 5.41) is 13.8. The molecule has 22 heavy (non-hydrogen) atoms. The Labute approximate surface area is 134 Å². The zero-order valence-electron chi connectivity index (χ0n) is 12.7. The Bertz CT molecular complexity index is 692. The van der Waals surface area contributed by atoms with Gasteiger partial charge in [0.25, 0.3) is 5.89 Å². The van der Waals surface area contributed by atoms with Gasteiger partial charge in [-0.25, -0.2) is 0 Å². The van der Waals surface area contributed by atoms with Crippen molar-refractivity contribution in [3.63, 3.8) is 0 Å². The Morgan fingerprint density at radius 2 is 1.91 bits per heavy atom. The number of nitrogens with zero attached hydrogens (tertiary/aromatic N) is 2. The molecule has 0 amide bonds. The molecule has 4 nitrogen and oxygen atoms in total. The van der Waals surface area contributed by atoms with Crippen LogP contribution in [-0.4, -0.2) is 10.2 Å². The zero-order valence-corrected chi connectivity index (χ0v) is 13.5. The van der Waals surface area contributed by atoms with Gasteiger partial charge in [-0.05, 0) is 22.9 Å². The van der Waals surface area contributed by atoms with Crippen LogP contribution in [0.15, 0.2) is 52.3 Å². The van der Waals surface area contributed by atoms with Gasteiger partial charge in [0.05, 0.1) is 11.4 Å². The second kappa shape index (κ2) is 6.85. The maximum atomic E-state index is 5.72. The molecule has 0 saturated heterocycles. The van der Waals surface area contributed by atoms with Gasteiger partial charge in [0.15, 0.2) is 0 Å². The average Bonchev–Trinajstić information content (AvgIpc) is 3.19. The zero-order chi connectivity index (χ0) is 15.4. The highest BCUT2D eigenvalue weighted by Gasteiger charge is 2.16. The maximum absolute atomic E-state index is 5.72. The topological polar surface area (TPSA) is 51.0 Å². The maximum Gasteiger partial charge on any atom is 0.257 e. The van der Waals surface area contributed by atoms with Crippen LogP contribution in [0.4, 0.5) is 0 Å². The van der Waals surface area contributed by atoms with Crippen molar-refractivity contribution in [3.8, 4) is 10.8 Å². The van der Waals surface area contributed by atoms with Crippen LogP contribution >= 0.6 is 11.3 Å². The van der Waals surface area contributed by atoms with E-state index in [4.69, 9.17) is 4.42 Å². The van der Waals surface area contributed by atoms with Crippen LogP contribution in [0.25, 0.3) is 10.8 Å². The Morgan fingerprint density at radius 1 is 1.09 bits per heavy atom. The van der Waals surface area contributed by atoms with E-state index < -0.39 is 0 Å². The summed E-state index contributed by atoms with van der Waals surface area (Å²) in [4.78, 5) is 1.00. The highest BCUT2D eigenvalue weighted by Crippen LogP contribution is 2.24. The number of hydrogen-bond acceptors (Lipinski definition) is 5. The molecular weight excluding hydrogens is 294 g/mol. The van der Waals surface area contributed by atoms with Gasteiger partial charge in [0.2, 0.25) is 5.89 Å². The van der Waals surface area contributed by atoms with Crippen LogP contribution in [0.3, 0.4) is 0 Å². The fourth-order valence-corrected chi connectivity index (χ4v) is 3.07. The standard InChI is InChI=1S/C17H19N3OS/c1-12(2)16(13-7-4-3-5-8-13)18-11-15-19-20-17(21-15)14-9-6-10-22-14/h3-10,12,16,18H,11H2,1-2H3. The summed E-state index contributed by atoms with van der Waals surface area (Å²) in [6, 6.07) is 14.7. The number of rotatable bonds is 6. The molecule has 0 aliphatic heterocycles. The van der Waals surface area contributed by atoms with Gasteiger partial charge in [0.1, 0.15) is 0 Å². The van der Waals surface area contributed by atoms with Crippen molar-refractivity contribution in [2.45, 2.75) is 26.4 Å². The summed E-state index contributed by atoms with van der Waals surface area (Å²) in [7, 11) is 0. The van der Waals surface area contributed by atoms with Crippen LogP contribution in [-0.2, 0) is 6.54 Å². The van der Waals surface area contributed by atoms with Gasteiger partial charge in [-0.3, -0.25) is 0 Å². The summed E-state index contributed by atoms with van der Waals surface area (Å²) in [6.45, 7) is 4.97. The van der Waals surface area contributed by atoms with Crippen molar-refractivity contribution in [1.29, 1.82) is 0 Å². The molecule has 0 saturated carbocycles. The summed E-state index contributed by atoms with van der Waals surface area (Å²) >= 11 is 1.60. The van der Waals surface area contributed by atoms with E-state index in [1.54, 1.807) is 11.3 Å². The van der Waals surface area contributed by atoms with Crippen molar-refractivity contribution in [3.05, 3.63) is 59.3 Å². The first-order valence-electron chi connectivity index (χ1n) is 7.38. The first-order chi connectivity index (χ1) is 10.7. The van der Waals surface area contributed by atoms with Gasteiger partial charge >= 0.3 is 0 Å². The first kappa shape index (κ1) is 14.9. The molecule has 0 aliphatic carbocycles. The second-order valence-electron chi connectivity index (χ2n) is 5.49. The van der Waals surface area contributed by atoms with E-state index in [0.29, 0.717) is 24.2 Å². The molecular formula is C17H19N3OS. The van der Waals surface area contributed by atoms with E-state index in [9.17, 15) is 0 Å². The molecule has 1 atom stereocenters. The molecule has 0 fully saturated rings. The van der Waals surface area contributed by atoms with Crippen molar-refractivity contribution >= 4 is 11.3 Å². The van der Waals surface area contributed by atoms with Crippen LogP contribution in [0.5, 0.6) is 0 Å². The first-order valence-corrected chi connectivity index (χ1v) is 8.26. The minimum absolute atomic E-state index is 0.262. The predicted octanol–water partition coefficient (Wildman–Crippen LogP) is 4.29. The van der Waals surface area contributed by atoms with Gasteiger partial charge in [-0.1, -0.05) is 50.2 Å². The van der Waals surface area contributed by atoms with Gasteiger partial charge in [-0.15, -0.1) is 21.5 Å². The molecule has 1 unspecified atom stereocenters. The fourth-order valence-electron chi connectivity index (χ4n) is 2.42. The molecule has 2 aromatic heterocycles. The van der Waals surface area contributed by atoms with Crippen LogP contribution in [0.1, 0.15) is 31.3 Å². The predicted molar refractivity (Wildman–Crippen MR) is 88.5 cm³/mol. The number of hydrogen-bond donors (Lipinski definition) is 1. The smallest absolute Gasteiger partial charge is 0.257 e. The lowest BCUT2D eigenvalue weighted by Crippen LogP contribution is -2.25. The molecule has 114 valence electrons. The largest absolute Gasteiger partial charge is 0.419 e. The molecule has 0 bridgehead atoms. The molecule has 0 spiro atoms. The lowest BCUT2D eigenvalue weighted by atomic mass is 9.96. The Hall–Kier alpha value is -1.98. The number of aromatic nitrogens is 2. The van der Waals surface area contributed by atoms with E-state index in [2.05, 4.69) is 53.6 Å². The summed E-state index contributed by atoms with van der Waals surface area (Å²) in [5.74, 6) is 1.68. The van der Waals surface area contributed by atoms with Crippen LogP contribution in [0, 0.1) is 5.92 Å². The lowest BCUT2D eigenvalue weighted by molar-refractivity contribution is 0.380. The van der Waals surface area contributed by atoms with E-state index in [1.165, 1.54) is 5.56 Å². The van der Waals surface area contributed by atoms with Crippen molar-refractivity contribution in [1.82, 2.24) is 15.5 Å². The Kier molecular flexibility index (Phi) is 4.65. The fraction of sp³-hybridized carbons (Fsp3) is 0.294. The Balaban J connectivity index is 1.68. The molecule has 0 radical (unpaired) electrons. The van der Waals surface area contributed by atoms with Crippen LogP contribution < -0.4 is 5.32 Å². The van der Waals surface area contributed by atoms with Gasteiger partial charge < -0.3 is 9.73 Å². The van der Waals surface area contributed by atoms with E-state index >= 15 is 0 Å².